The molecule has 0 spiro atoms. The Morgan fingerprint density at radius 3 is 2.54 bits per heavy atom. The van der Waals surface area contributed by atoms with Crippen LogP contribution in [0.3, 0.4) is 0 Å². The van der Waals surface area contributed by atoms with Crippen LogP contribution < -0.4 is 9.47 Å². The molecule has 3 rings (SSSR count). The zero-order valence-electron chi connectivity index (χ0n) is 15.0. The molecule has 1 aromatic carbocycles. The van der Waals surface area contributed by atoms with Crippen molar-refractivity contribution in [2.75, 3.05) is 20.8 Å². The number of ether oxygens (including phenoxy) is 3. The third kappa shape index (κ3) is 3.32. The first-order valence-corrected chi connectivity index (χ1v) is 8.88. The lowest BCUT2D eigenvalue weighted by molar-refractivity contribution is 0.394. The first-order valence-electron chi connectivity index (χ1n) is 8.06. The van der Waals surface area contributed by atoms with Gasteiger partial charge in [0.2, 0.25) is 0 Å². The average Bonchev–Trinajstić information content (AvgIpc) is 3.18. The smallest absolute Gasteiger partial charge is 0.270 e. The number of methoxy groups -OCH3 is 2. The molecule has 0 atom stereocenters. The maximum Gasteiger partial charge on any atom is 0.270 e. The highest BCUT2D eigenvalue weighted by atomic mass is 32.1. The minimum absolute atomic E-state index is 0.364. The molecule has 0 N–H and O–H groups in total. The van der Waals surface area contributed by atoms with Gasteiger partial charge in [0.05, 0.1) is 19.8 Å². The Morgan fingerprint density at radius 2 is 1.92 bits per heavy atom. The number of nitrogens with zero attached hydrogens (tertiary/aromatic N) is 1. The van der Waals surface area contributed by atoms with Gasteiger partial charge in [0.1, 0.15) is 23.0 Å². The summed E-state index contributed by atoms with van der Waals surface area (Å²) in [7, 11) is 3.24. The van der Waals surface area contributed by atoms with Crippen LogP contribution >= 0.6 is 24.4 Å². The van der Waals surface area contributed by atoms with E-state index in [1.54, 1.807) is 25.2 Å². The summed E-state index contributed by atoms with van der Waals surface area (Å²) in [5.41, 5.74) is 1.86. The summed E-state index contributed by atoms with van der Waals surface area (Å²) in [5.74, 6) is 3.24. The number of hydrogen-bond donors (Lipinski definition) is 0. The maximum atomic E-state index is 5.98. The molecule has 0 aliphatic carbocycles. The number of benzene rings is 1. The van der Waals surface area contributed by atoms with Gasteiger partial charge in [-0.05, 0) is 49.8 Å². The third-order valence-electron chi connectivity index (χ3n) is 4.06. The Hall–Kier alpha value is -2.38. The van der Waals surface area contributed by atoms with Crippen molar-refractivity contribution in [3.63, 3.8) is 0 Å². The molecule has 0 unspecified atom stereocenters. The normalized spacial score (nSPS) is 15.5. The Labute approximate surface area is 163 Å². The van der Waals surface area contributed by atoms with Crippen molar-refractivity contribution in [2.45, 2.75) is 13.8 Å². The second-order valence-electron chi connectivity index (χ2n) is 5.65. The molecule has 5 nitrogen and oxygen atoms in total. The molecular weight excluding hydrogens is 370 g/mol. The molecule has 1 aliphatic heterocycles. The molecule has 26 heavy (non-hydrogen) atoms. The Kier molecular flexibility index (Phi) is 5.29. The second kappa shape index (κ2) is 7.47. The molecule has 0 radical (unpaired) electrons. The highest BCUT2D eigenvalue weighted by molar-refractivity contribution is 7.82. The lowest BCUT2D eigenvalue weighted by Crippen LogP contribution is -2.26. The molecule has 136 valence electrons. The van der Waals surface area contributed by atoms with Crippen LogP contribution in [-0.4, -0.2) is 35.8 Å². The summed E-state index contributed by atoms with van der Waals surface area (Å²) in [6, 6.07) is 7.51. The predicted molar refractivity (Wildman–Crippen MR) is 109 cm³/mol. The number of likely N-dealkylation sites (N-methyl/N-ethyl adjacent to an activating group) is 1. The summed E-state index contributed by atoms with van der Waals surface area (Å²) in [6.45, 7) is 4.61. The number of aryl methyl sites for hydroxylation is 1. The zero-order chi connectivity index (χ0) is 18.8. The quantitative estimate of drug-likeness (QED) is 0.548. The van der Waals surface area contributed by atoms with Crippen molar-refractivity contribution in [1.82, 2.24) is 4.90 Å². The zero-order valence-corrected chi connectivity index (χ0v) is 16.6. The van der Waals surface area contributed by atoms with Crippen LogP contribution in [0.1, 0.15) is 18.2 Å². The largest absolute Gasteiger partial charge is 0.497 e. The van der Waals surface area contributed by atoms with Crippen molar-refractivity contribution in [3.05, 3.63) is 41.3 Å². The van der Waals surface area contributed by atoms with Crippen LogP contribution in [0.15, 0.2) is 34.4 Å². The van der Waals surface area contributed by atoms with Crippen LogP contribution in [0.5, 0.6) is 11.5 Å². The van der Waals surface area contributed by atoms with E-state index < -0.39 is 0 Å². The van der Waals surface area contributed by atoms with Crippen LogP contribution in [-0.2, 0) is 4.74 Å². The van der Waals surface area contributed by atoms with Crippen LogP contribution in [0.2, 0.25) is 0 Å². The standard InChI is InChI=1S/C19H19NO4S2/c1-5-20-18(25)16(24-19(20)26)9-12-6-7-14(23-12)17-11(2)8-13(21-3)10-15(17)22-4/h6-10H,5H2,1-4H3/b16-9-. The van der Waals surface area contributed by atoms with E-state index >= 15 is 0 Å². The Bertz CT molecular complexity index is 901. The van der Waals surface area contributed by atoms with Crippen molar-refractivity contribution < 1.29 is 18.6 Å². The molecule has 1 aliphatic rings. The first-order chi connectivity index (χ1) is 12.5. The van der Waals surface area contributed by atoms with Gasteiger partial charge >= 0.3 is 0 Å². The summed E-state index contributed by atoms with van der Waals surface area (Å²) in [6.07, 6.45) is 1.75. The molecule has 2 heterocycles. The minimum atomic E-state index is 0.364. The van der Waals surface area contributed by atoms with Crippen LogP contribution in [0.25, 0.3) is 17.4 Å². The number of hydrogen-bond acceptors (Lipinski definition) is 6. The van der Waals surface area contributed by atoms with E-state index in [2.05, 4.69) is 0 Å². The van der Waals surface area contributed by atoms with E-state index in [-0.39, 0.29) is 0 Å². The monoisotopic (exact) mass is 389 g/mol. The van der Waals surface area contributed by atoms with Gasteiger partial charge in [0, 0.05) is 18.7 Å². The van der Waals surface area contributed by atoms with Gasteiger partial charge in [-0.1, -0.05) is 12.2 Å². The predicted octanol–water partition coefficient (Wildman–Crippen LogP) is 4.58. The van der Waals surface area contributed by atoms with E-state index in [0.717, 1.165) is 16.9 Å². The van der Waals surface area contributed by atoms with Gasteiger partial charge in [0.25, 0.3) is 5.17 Å². The summed E-state index contributed by atoms with van der Waals surface area (Å²) < 4.78 is 22.4. The Balaban J connectivity index is 1.96. The molecule has 2 aromatic rings. The van der Waals surface area contributed by atoms with Gasteiger partial charge in [-0.2, -0.15) is 0 Å². The highest BCUT2D eigenvalue weighted by Crippen LogP contribution is 2.38. The second-order valence-corrected chi connectivity index (χ2v) is 6.39. The average molecular weight is 389 g/mol. The van der Waals surface area contributed by atoms with Crippen molar-refractivity contribution in [2.24, 2.45) is 0 Å². The Morgan fingerprint density at radius 1 is 1.15 bits per heavy atom. The SMILES string of the molecule is CCN1C(=S)O/C(=C\c2ccc(-c3c(C)cc(OC)cc3OC)o2)C1=S. The topological polar surface area (TPSA) is 44.1 Å². The maximum absolute atomic E-state index is 5.98. The van der Waals surface area contributed by atoms with Crippen molar-refractivity contribution >= 4 is 40.7 Å². The molecule has 1 fully saturated rings. The molecule has 0 bridgehead atoms. The van der Waals surface area contributed by atoms with Crippen LogP contribution in [0, 0.1) is 6.92 Å². The fourth-order valence-corrected chi connectivity index (χ4v) is 3.46. The van der Waals surface area contributed by atoms with Gasteiger partial charge in [0.15, 0.2) is 10.7 Å². The fraction of sp³-hybridized carbons (Fsp3) is 0.263. The number of rotatable bonds is 5. The first kappa shape index (κ1) is 18.4. The number of furan rings is 1. The lowest BCUT2D eigenvalue weighted by atomic mass is 10.0. The molecule has 7 heteroatoms. The van der Waals surface area contributed by atoms with Crippen molar-refractivity contribution in [1.29, 1.82) is 0 Å². The van der Waals surface area contributed by atoms with E-state index in [1.165, 1.54) is 0 Å². The number of thiocarbonyl (C=S) groups is 2. The van der Waals surface area contributed by atoms with Gasteiger partial charge in [-0.3, -0.25) is 4.90 Å². The van der Waals surface area contributed by atoms with Crippen molar-refractivity contribution in [3.8, 4) is 22.8 Å². The molecular formula is C19H19NO4S2. The third-order valence-corrected chi connectivity index (χ3v) is 4.79. The van der Waals surface area contributed by atoms with Gasteiger partial charge < -0.3 is 18.6 Å². The van der Waals surface area contributed by atoms with Gasteiger partial charge in [-0.15, -0.1) is 0 Å². The fourth-order valence-electron chi connectivity index (χ4n) is 2.78. The van der Waals surface area contributed by atoms with Crippen LogP contribution in [0.4, 0.5) is 0 Å². The van der Waals surface area contributed by atoms with E-state index in [9.17, 15) is 0 Å². The summed E-state index contributed by atoms with van der Waals surface area (Å²) in [4.78, 5) is 2.32. The highest BCUT2D eigenvalue weighted by Gasteiger charge is 2.28. The molecule has 1 saturated heterocycles. The van der Waals surface area contributed by atoms with E-state index in [4.69, 9.17) is 43.1 Å². The van der Waals surface area contributed by atoms with E-state index in [1.807, 2.05) is 38.1 Å². The minimum Gasteiger partial charge on any atom is -0.497 e. The lowest BCUT2D eigenvalue weighted by Gasteiger charge is -2.12. The molecule has 0 amide bonds. The molecule has 0 saturated carbocycles. The van der Waals surface area contributed by atoms with E-state index in [0.29, 0.717) is 39.7 Å². The summed E-state index contributed by atoms with van der Waals surface area (Å²) in [5, 5.41) is 0.364. The van der Waals surface area contributed by atoms with Gasteiger partial charge in [-0.25, -0.2) is 0 Å². The summed E-state index contributed by atoms with van der Waals surface area (Å²) >= 11 is 10.6. The molecule has 1 aromatic heterocycles.